The number of carbonyl (C=O) groups excluding carboxylic acids is 1. The zero-order chi connectivity index (χ0) is 14.9. The fourth-order valence-electron chi connectivity index (χ4n) is 3.11. The molecule has 0 bridgehead atoms. The van der Waals surface area contributed by atoms with Crippen LogP contribution in [0.1, 0.15) is 36.8 Å². The minimum absolute atomic E-state index is 0.0107. The van der Waals surface area contributed by atoms with Gasteiger partial charge < -0.3 is 15.2 Å². The zero-order valence-electron chi connectivity index (χ0n) is 11.9. The van der Waals surface area contributed by atoms with E-state index in [1.807, 2.05) is 18.2 Å². The molecule has 21 heavy (non-hydrogen) atoms. The average Bonchev–Trinajstić information content (AvgIpc) is 2.82. The Labute approximate surface area is 123 Å². The largest absolute Gasteiger partial charge is 0.493 e. The first kappa shape index (κ1) is 13.9. The van der Waals surface area contributed by atoms with Crippen LogP contribution in [0.2, 0.25) is 0 Å². The molecule has 112 valence electrons. The molecule has 1 aromatic rings. The number of nitrogens with one attached hydrogen (secondary N) is 1. The Balaban J connectivity index is 1.62. The number of amides is 1. The first-order chi connectivity index (χ1) is 10.1. The third-order valence-corrected chi connectivity index (χ3v) is 4.32. The highest BCUT2D eigenvalue weighted by Crippen LogP contribution is 2.35. The third kappa shape index (κ3) is 3.01. The van der Waals surface area contributed by atoms with Crippen LogP contribution < -0.4 is 10.1 Å². The lowest BCUT2D eigenvalue weighted by Crippen LogP contribution is -2.55. The van der Waals surface area contributed by atoms with Crippen molar-refractivity contribution in [1.29, 1.82) is 0 Å². The minimum Gasteiger partial charge on any atom is -0.493 e. The highest BCUT2D eigenvalue weighted by atomic mass is 16.5. The van der Waals surface area contributed by atoms with E-state index >= 15 is 0 Å². The summed E-state index contributed by atoms with van der Waals surface area (Å²) >= 11 is 0. The molecule has 0 atom stereocenters. The maximum atomic E-state index is 12.2. The summed E-state index contributed by atoms with van der Waals surface area (Å²) in [5.41, 5.74) is 1.56. The molecule has 5 nitrogen and oxygen atoms in total. The molecule has 0 spiro atoms. The van der Waals surface area contributed by atoms with E-state index in [0.29, 0.717) is 6.61 Å². The van der Waals surface area contributed by atoms with Crippen LogP contribution in [0.4, 0.5) is 0 Å². The van der Waals surface area contributed by atoms with Crippen LogP contribution in [0.3, 0.4) is 0 Å². The quantitative estimate of drug-likeness (QED) is 0.864. The second kappa shape index (κ2) is 5.39. The van der Waals surface area contributed by atoms with Crippen molar-refractivity contribution < 1.29 is 19.4 Å². The number of aliphatic carboxylic acids is 1. The van der Waals surface area contributed by atoms with Gasteiger partial charge >= 0.3 is 5.97 Å². The fourth-order valence-corrected chi connectivity index (χ4v) is 3.11. The summed E-state index contributed by atoms with van der Waals surface area (Å²) in [6.45, 7) is 0.701. The molecule has 3 rings (SSSR count). The summed E-state index contributed by atoms with van der Waals surface area (Å²) in [7, 11) is 0. The molecule has 0 unspecified atom stereocenters. The van der Waals surface area contributed by atoms with Gasteiger partial charge in [-0.15, -0.1) is 0 Å². The van der Waals surface area contributed by atoms with Gasteiger partial charge in [-0.2, -0.15) is 0 Å². The van der Waals surface area contributed by atoms with Crippen molar-refractivity contribution in [2.24, 2.45) is 0 Å². The molecule has 2 aliphatic rings. The van der Waals surface area contributed by atoms with Crippen molar-refractivity contribution >= 4 is 11.9 Å². The predicted molar refractivity (Wildman–Crippen MR) is 76.3 cm³/mol. The Bertz CT molecular complexity index is 578. The van der Waals surface area contributed by atoms with E-state index < -0.39 is 11.5 Å². The molecular weight excluding hydrogens is 270 g/mol. The Morgan fingerprint density at radius 2 is 2.14 bits per heavy atom. The Morgan fingerprint density at radius 3 is 2.81 bits per heavy atom. The fraction of sp³-hybridized carbons (Fsp3) is 0.500. The van der Waals surface area contributed by atoms with Gasteiger partial charge in [-0.25, -0.2) is 0 Å². The van der Waals surface area contributed by atoms with Crippen LogP contribution >= 0.6 is 0 Å². The van der Waals surface area contributed by atoms with Crippen LogP contribution in [0.15, 0.2) is 18.2 Å². The Hall–Kier alpha value is -2.04. The molecule has 0 radical (unpaired) electrons. The van der Waals surface area contributed by atoms with Crippen LogP contribution in [-0.2, 0) is 22.4 Å². The van der Waals surface area contributed by atoms with Gasteiger partial charge in [0.1, 0.15) is 5.75 Å². The van der Waals surface area contributed by atoms with Gasteiger partial charge in [-0.05, 0) is 36.5 Å². The minimum atomic E-state index is -0.857. The topological polar surface area (TPSA) is 75.6 Å². The number of fused-ring (bicyclic) bond motifs is 1. The van der Waals surface area contributed by atoms with E-state index in [9.17, 15) is 9.59 Å². The van der Waals surface area contributed by atoms with E-state index in [1.165, 1.54) is 0 Å². The number of carbonyl (C=O) groups is 2. The number of hydrogen-bond donors (Lipinski definition) is 2. The second-order valence-electron chi connectivity index (χ2n) is 5.97. The third-order valence-electron chi connectivity index (χ3n) is 4.32. The number of carboxylic acids is 1. The van der Waals surface area contributed by atoms with Crippen molar-refractivity contribution in [3.8, 4) is 5.75 Å². The van der Waals surface area contributed by atoms with E-state index in [4.69, 9.17) is 9.84 Å². The van der Waals surface area contributed by atoms with Gasteiger partial charge in [-0.3, -0.25) is 9.59 Å². The number of benzene rings is 1. The van der Waals surface area contributed by atoms with Crippen molar-refractivity contribution in [3.05, 3.63) is 29.3 Å². The van der Waals surface area contributed by atoms with Crippen LogP contribution in [-0.4, -0.2) is 29.1 Å². The second-order valence-corrected chi connectivity index (χ2v) is 5.97. The Kier molecular flexibility index (Phi) is 3.57. The van der Waals surface area contributed by atoms with E-state index in [-0.39, 0.29) is 18.7 Å². The highest BCUT2D eigenvalue weighted by molar-refractivity contribution is 5.81. The molecule has 1 fully saturated rings. The molecule has 5 heteroatoms. The lowest BCUT2D eigenvalue weighted by atomic mass is 9.74. The molecule has 1 aliphatic carbocycles. The maximum absolute atomic E-state index is 12.2. The number of ether oxygens (including phenoxy) is 1. The monoisotopic (exact) mass is 289 g/mol. The molecule has 1 aliphatic heterocycles. The van der Waals surface area contributed by atoms with Gasteiger partial charge in [0, 0.05) is 6.42 Å². The smallest absolute Gasteiger partial charge is 0.305 e. The number of hydrogen-bond acceptors (Lipinski definition) is 3. The van der Waals surface area contributed by atoms with E-state index in [0.717, 1.165) is 42.6 Å². The van der Waals surface area contributed by atoms with Crippen molar-refractivity contribution in [1.82, 2.24) is 5.32 Å². The summed E-state index contributed by atoms with van der Waals surface area (Å²) < 4.78 is 5.44. The van der Waals surface area contributed by atoms with Crippen molar-refractivity contribution in [3.63, 3.8) is 0 Å². The molecular formula is C16H19NO4. The van der Waals surface area contributed by atoms with Gasteiger partial charge in [-0.1, -0.05) is 12.1 Å². The first-order valence-electron chi connectivity index (χ1n) is 7.34. The lowest BCUT2D eigenvalue weighted by Gasteiger charge is -2.41. The van der Waals surface area contributed by atoms with Crippen molar-refractivity contribution in [2.45, 2.75) is 44.1 Å². The van der Waals surface area contributed by atoms with Gasteiger partial charge in [0.25, 0.3) is 0 Å². The average molecular weight is 289 g/mol. The first-order valence-corrected chi connectivity index (χ1v) is 7.34. The van der Waals surface area contributed by atoms with Gasteiger partial charge in [0.05, 0.1) is 25.0 Å². The summed E-state index contributed by atoms with van der Waals surface area (Å²) in [4.78, 5) is 23.1. The lowest BCUT2D eigenvalue weighted by molar-refractivity contribution is -0.140. The van der Waals surface area contributed by atoms with Crippen molar-refractivity contribution in [2.75, 3.05) is 6.61 Å². The Morgan fingerprint density at radius 1 is 1.33 bits per heavy atom. The maximum Gasteiger partial charge on any atom is 0.305 e. The highest BCUT2D eigenvalue weighted by Gasteiger charge is 2.40. The van der Waals surface area contributed by atoms with E-state index in [1.54, 1.807) is 0 Å². The zero-order valence-corrected chi connectivity index (χ0v) is 11.9. The van der Waals surface area contributed by atoms with Gasteiger partial charge in [0.2, 0.25) is 5.91 Å². The normalized spacial score (nSPS) is 18.3. The molecule has 1 heterocycles. The summed E-state index contributed by atoms with van der Waals surface area (Å²) in [6.07, 6.45) is 3.66. The molecule has 1 saturated carbocycles. The molecule has 1 amide bonds. The molecule has 0 aromatic heterocycles. The van der Waals surface area contributed by atoms with E-state index in [2.05, 4.69) is 5.32 Å². The summed E-state index contributed by atoms with van der Waals surface area (Å²) in [5, 5.41) is 11.9. The molecule has 0 saturated heterocycles. The molecule has 2 N–H and O–H groups in total. The van der Waals surface area contributed by atoms with Crippen LogP contribution in [0, 0.1) is 0 Å². The summed E-state index contributed by atoms with van der Waals surface area (Å²) in [5.74, 6) is -0.0556. The molecule has 1 aromatic carbocycles. The standard InChI is InChI=1S/C16H19NO4/c18-14(17-16(5-1-6-16)10-15(19)20)9-11-2-3-13-12(8-11)4-7-21-13/h2-3,8H,1,4-7,9-10H2,(H,17,18)(H,19,20). The van der Waals surface area contributed by atoms with Crippen LogP contribution in [0.25, 0.3) is 0 Å². The SMILES string of the molecule is O=C(O)CC1(NC(=O)Cc2ccc3c(c2)CCO3)CCC1. The summed E-state index contributed by atoms with van der Waals surface area (Å²) in [6, 6.07) is 5.81. The number of rotatable bonds is 5. The van der Waals surface area contributed by atoms with Gasteiger partial charge in [0.15, 0.2) is 0 Å². The predicted octanol–water partition coefficient (Wildman–Crippen LogP) is 1.68. The van der Waals surface area contributed by atoms with Crippen LogP contribution in [0.5, 0.6) is 5.75 Å². The number of carboxylic acid groups (broad SMARTS) is 1.